The van der Waals surface area contributed by atoms with Crippen LogP contribution in [0.25, 0.3) is 10.8 Å². The third kappa shape index (κ3) is 3.17. The molecule has 0 saturated carbocycles. The minimum Gasteiger partial charge on any atom is -0.465 e. The first-order valence-corrected chi connectivity index (χ1v) is 7.03. The Labute approximate surface area is 119 Å². The molecular formula is C17H21NO2. The summed E-state index contributed by atoms with van der Waals surface area (Å²) in [6, 6.07) is 14.3. The molecule has 2 atom stereocenters. The predicted molar refractivity (Wildman–Crippen MR) is 81.6 cm³/mol. The number of carbonyl (C=O) groups excluding carboxylic acids is 1. The van der Waals surface area contributed by atoms with Gasteiger partial charge < -0.3 is 4.74 Å². The SMILES string of the molecule is CCOC(=O)C(C)NC(C)c1cccc2ccccc12. The van der Waals surface area contributed by atoms with Gasteiger partial charge in [0.15, 0.2) is 0 Å². The van der Waals surface area contributed by atoms with Gasteiger partial charge in [-0.2, -0.15) is 0 Å². The number of nitrogens with one attached hydrogen (secondary N) is 1. The summed E-state index contributed by atoms with van der Waals surface area (Å²) < 4.78 is 5.03. The van der Waals surface area contributed by atoms with E-state index in [-0.39, 0.29) is 18.1 Å². The topological polar surface area (TPSA) is 38.3 Å². The van der Waals surface area contributed by atoms with E-state index in [0.29, 0.717) is 6.61 Å². The number of benzene rings is 2. The Bertz CT molecular complexity index is 589. The summed E-state index contributed by atoms with van der Waals surface area (Å²) in [7, 11) is 0. The molecule has 106 valence electrons. The molecule has 3 heteroatoms. The Kier molecular flexibility index (Phi) is 4.74. The van der Waals surface area contributed by atoms with E-state index in [1.165, 1.54) is 16.3 Å². The van der Waals surface area contributed by atoms with Gasteiger partial charge in [-0.25, -0.2) is 0 Å². The molecule has 0 aromatic heterocycles. The standard InChI is InChI=1S/C17H21NO2/c1-4-20-17(19)13(3)18-12(2)15-11-7-9-14-8-5-6-10-16(14)15/h5-13,18H,4H2,1-3H3. The van der Waals surface area contributed by atoms with Gasteiger partial charge in [0.25, 0.3) is 0 Å². The van der Waals surface area contributed by atoms with E-state index in [1.807, 2.05) is 32.0 Å². The summed E-state index contributed by atoms with van der Waals surface area (Å²) in [6.45, 7) is 6.13. The second kappa shape index (κ2) is 6.53. The smallest absolute Gasteiger partial charge is 0.322 e. The van der Waals surface area contributed by atoms with Crippen LogP contribution in [0.15, 0.2) is 42.5 Å². The van der Waals surface area contributed by atoms with Crippen molar-refractivity contribution in [3.8, 4) is 0 Å². The van der Waals surface area contributed by atoms with E-state index in [1.54, 1.807) is 0 Å². The number of fused-ring (bicyclic) bond motifs is 1. The van der Waals surface area contributed by atoms with Crippen LogP contribution in [-0.2, 0) is 9.53 Å². The molecule has 0 fully saturated rings. The van der Waals surface area contributed by atoms with Crippen LogP contribution in [0.1, 0.15) is 32.4 Å². The minimum atomic E-state index is -0.316. The van der Waals surface area contributed by atoms with Gasteiger partial charge in [0, 0.05) is 6.04 Å². The zero-order chi connectivity index (χ0) is 14.5. The molecule has 2 unspecified atom stereocenters. The van der Waals surface area contributed by atoms with Gasteiger partial charge in [-0.3, -0.25) is 10.1 Å². The van der Waals surface area contributed by atoms with E-state index in [0.717, 1.165) is 0 Å². The van der Waals surface area contributed by atoms with Crippen LogP contribution in [0.4, 0.5) is 0 Å². The number of hydrogen-bond donors (Lipinski definition) is 1. The zero-order valence-electron chi connectivity index (χ0n) is 12.2. The first-order chi connectivity index (χ1) is 9.63. The van der Waals surface area contributed by atoms with Crippen LogP contribution in [0.3, 0.4) is 0 Å². The molecule has 0 saturated heterocycles. The van der Waals surface area contributed by atoms with Crippen molar-refractivity contribution in [2.45, 2.75) is 32.9 Å². The van der Waals surface area contributed by atoms with Gasteiger partial charge >= 0.3 is 5.97 Å². The Balaban J connectivity index is 2.19. The summed E-state index contributed by atoms with van der Waals surface area (Å²) in [6.07, 6.45) is 0. The second-order valence-corrected chi connectivity index (χ2v) is 4.93. The number of rotatable bonds is 5. The number of ether oxygens (including phenoxy) is 1. The molecular weight excluding hydrogens is 250 g/mol. The summed E-state index contributed by atoms with van der Waals surface area (Å²) in [5.41, 5.74) is 1.19. The van der Waals surface area contributed by atoms with E-state index in [4.69, 9.17) is 4.74 Å². The fraction of sp³-hybridized carbons (Fsp3) is 0.353. The molecule has 0 radical (unpaired) electrons. The molecule has 2 aromatic carbocycles. The van der Waals surface area contributed by atoms with E-state index < -0.39 is 0 Å². The van der Waals surface area contributed by atoms with Crippen molar-refractivity contribution in [3.05, 3.63) is 48.0 Å². The molecule has 1 N–H and O–H groups in total. The van der Waals surface area contributed by atoms with Crippen molar-refractivity contribution in [3.63, 3.8) is 0 Å². The lowest BCUT2D eigenvalue weighted by Crippen LogP contribution is -2.37. The Hall–Kier alpha value is -1.87. The first-order valence-electron chi connectivity index (χ1n) is 7.03. The van der Waals surface area contributed by atoms with Crippen LogP contribution in [0.5, 0.6) is 0 Å². The van der Waals surface area contributed by atoms with Crippen molar-refractivity contribution in [2.75, 3.05) is 6.61 Å². The molecule has 0 amide bonds. The highest BCUT2D eigenvalue weighted by Crippen LogP contribution is 2.24. The van der Waals surface area contributed by atoms with E-state index >= 15 is 0 Å². The van der Waals surface area contributed by atoms with Gasteiger partial charge in [-0.15, -0.1) is 0 Å². The summed E-state index contributed by atoms with van der Waals surface area (Å²) in [4.78, 5) is 11.7. The lowest BCUT2D eigenvalue weighted by molar-refractivity contribution is -0.145. The molecule has 0 bridgehead atoms. The third-order valence-electron chi connectivity index (χ3n) is 3.43. The highest BCUT2D eigenvalue weighted by Gasteiger charge is 2.18. The maximum absolute atomic E-state index is 11.7. The summed E-state index contributed by atoms with van der Waals surface area (Å²) in [5.74, 6) is -0.209. The van der Waals surface area contributed by atoms with Crippen LogP contribution in [0, 0.1) is 0 Å². The monoisotopic (exact) mass is 271 g/mol. The van der Waals surface area contributed by atoms with Gasteiger partial charge in [0.2, 0.25) is 0 Å². The average molecular weight is 271 g/mol. The van der Waals surface area contributed by atoms with Crippen LogP contribution >= 0.6 is 0 Å². The highest BCUT2D eigenvalue weighted by molar-refractivity contribution is 5.86. The van der Waals surface area contributed by atoms with Gasteiger partial charge in [0.05, 0.1) is 6.61 Å². The van der Waals surface area contributed by atoms with Crippen molar-refractivity contribution in [1.29, 1.82) is 0 Å². The molecule has 0 aliphatic rings. The fourth-order valence-electron chi connectivity index (χ4n) is 2.43. The fourth-order valence-corrected chi connectivity index (χ4v) is 2.43. The van der Waals surface area contributed by atoms with E-state index in [2.05, 4.69) is 36.5 Å². The molecule has 20 heavy (non-hydrogen) atoms. The molecule has 0 heterocycles. The molecule has 0 aliphatic heterocycles. The largest absolute Gasteiger partial charge is 0.465 e. The molecule has 0 spiro atoms. The second-order valence-electron chi connectivity index (χ2n) is 4.93. The maximum atomic E-state index is 11.7. The van der Waals surface area contributed by atoms with Crippen LogP contribution < -0.4 is 5.32 Å². The van der Waals surface area contributed by atoms with Gasteiger partial charge in [-0.1, -0.05) is 42.5 Å². The summed E-state index contributed by atoms with van der Waals surface area (Å²) in [5, 5.41) is 5.72. The zero-order valence-corrected chi connectivity index (χ0v) is 12.2. The average Bonchev–Trinajstić information content (AvgIpc) is 2.46. The quantitative estimate of drug-likeness (QED) is 0.847. The molecule has 3 nitrogen and oxygen atoms in total. The Morgan fingerprint density at radius 3 is 2.60 bits per heavy atom. The maximum Gasteiger partial charge on any atom is 0.322 e. The highest BCUT2D eigenvalue weighted by atomic mass is 16.5. The van der Waals surface area contributed by atoms with Gasteiger partial charge in [0.1, 0.15) is 6.04 Å². The first kappa shape index (κ1) is 14.5. The number of esters is 1. The molecule has 2 aromatic rings. The number of hydrogen-bond acceptors (Lipinski definition) is 3. The van der Waals surface area contributed by atoms with Crippen molar-refractivity contribution in [1.82, 2.24) is 5.32 Å². The van der Waals surface area contributed by atoms with E-state index in [9.17, 15) is 4.79 Å². The normalized spacial score (nSPS) is 13.9. The predicted octanol–water partition coefficient (Wildman–Crippen LogP) is 3.44. The molecule has 0 aliphatic carbocycles. The lowest BCUT2D eigenvalue weighted by Gasteiger charge is -2.20. The summed E-state index contributed by atoms with van der Waals surface area (Å²) >= 11 is 0. The minimum absolute atomic E-state index is 0.0838. The van der Waals surface area contributed by atoms with Crippen molar-refractivity contribution in [2.24, 2.45) is 0 Å². The van der Waals surface area contributed by atoms with Crippen LogP contribution in [0.2, 0.25) is 0 Å². The third-order valence-corrected chi connectivity index (χ3v) is 3.43. The van der Waals surface area contributed by atoms with Crippen molar-refractivity contribution >= 4 is 16.7 Å². The van der Waals surface area contributed by atoms with Crippen molar-refractivity contribution < 1.29 is 9.53 Å². The Morgan fingerprint density at radius 2 is 1.85 bits per heavy atom. The Morgan fingerprint density at radius 1 is 1.15 bits per heavy atom. The van der Waals surface area contributed by atoms with Crippen LogP contribution in [-0.4, -0.2) is 18.6 Å². The lowest BCUT2D eigenvalue weighted by atomic mass is 9.99. The molecule has 2 rings (SSSR count). The number of carbonyl (C=O) groups is 1. The van der Waals surface area contributed by atoms with Gasteiger partial charge in [-0.05, 0) is 37.1 Å².